The number of carbonyl (C=O) groups excluding carboxylic acids is 2. The Bertz CT molecular complexity index is 1080. The number of carbonyl (C=O) groups is 2. The topological polar surface area (TPSA) is 49.9 Å². The molecule has 182 valence electrons. The Morgan fingerprint density at radius 2 is 1.91 bits per heavy atom. The first-order valence-electron chi connectivity index (χ1n) is 11.9. The van der Waals surface area contributed by atoms with E-state index in [0.717, 1.165) is 42.6 Å². The van der Waals surface area contributed by atoms with Gasteiger partial charge in [-0.15, -0.1) is 0 Å². The van der Waals surface area contributed by atoms with E-state index in [1.165, 1.54) is 6.07 Å². The number of rotatable bonds is 6. The first kappa shape index (κ1) is 24.8. The van der Waals surface area contributed by atoms with Gasteiger partial charge in [-0.2, -0.15) is 0 Å². The van der Waals surface area contributed by atoms with Crippen molar-refractivity contribution in [2.75, 3.05) is 26.2 Å². The standard InChI is InChI=1S/C27H32ClFN2O3/c1-17-6-7-20(13-24(17)29)25(32)14-21-11-23(28)12-22(19(21)3)16-30-8-9-31(18(2)15-30)27(33)26-5-4-10-34-26/h6-7,11-13,18,26H,4-5,8-10,14-16H2,1-3H3/t18-,26+/m0/s1. The van der Waals surface area contributed by atoms with Crippen LogP contribution < -0.4 is 0 Å². The van der Waals surface area contributed by atoms with E-state index in [-0.39, 0.29) is 36.1 Å². The van der Waals surface area contributed by atoms with Crippen molar-refractivity contribution < 1.29 is 18.7 Å². The van der Waals surface area contributed by atoms with Gasteiger partial charge in [-0.1, -0.05) is 23.7 Å². The minimum Gasteiger partial charge on any atom is -0.368 e. The van der Waals surface area contributed by atoms with E-state index in [2.05, 4.69) is 11.8 Å². The first-order valence-corrected chi connectivity index (χ1v) is 12.3. The number of ketones is 1. The summed E-state index contributed by atoms with van der Waals surface area (Å²) in [5.74, 6) is -0.400. The van der Waals surface area contributed by atoms with Gasteiger partial charge in [-0.25, -0.2) is 4.39 Å². The maximum absolute atomic E-state index is 13.9. The van der Waals surface area contributed by atoms with E-state index in [0.29, 0.717) is 35.8 Å². The highest BCUT2D eigenvalue weighted by Crippen LogP contribution is 2.25. The van der Waals surface area contributed by atoms with Crippen LogP contribution in [0.3, 0.4) is 0 Å². The van der Waals surface area contributed by atoms with Crippen LogP contribution in [-0.2, 0) is 22.5 Å². The Hall–Kier alpha value is -2.28. The monoisotopic (exact) mass is 486 g/mol. The quantitative estimate of drug-likeness (QED) is 0.554. The number of halogens is 2. The highest BCUT2D eigenvalue weighted by molar-refractivity contribution is 6.30. The Kier molecular flexibility index (Phi) is 7.70. The van der Waals surface area contributed by atoms with Gasteiger partial charge >= 0.3 is 0 Å². The summed E-state index contributed by atoms with van der Waals surface area (Å²) >= 11 is 6.42. The molecule has 2 aromatic carbocycles. The number of hydrogen-bond donors (Lipinski definition) is 0. The molecule has 0 bridgehead atoms. The van der Waals surface area contributed by atoms with E-state index in [4.69, 9.17) is 16.3 Å². The summed E-state index contributed by atoms with van der Waals surface area (Å²) in [5.41, 5.74) is 3.83. The van der Waals surface area contributed by atoms with Crippen molar-refractivity contribution in [3.8, 4) is 0 Å². The second-order valence-corrected chi connectivity index (χ2v) is 9.97. The minimum atomic E-state index is -0.374. The molecule has 2 aliphatic heterocycles. The second-order valence-electron chi connectivity index (χ2n) is 9.53. The fraction of sp³-hybridized carbons (Fsp3) is 0.481. The van der Waals surface area contributed by atoms with Crippen LogP contribution in [0.15, 0.2) is 30.3 Å². The number of aryl methyl sites for hydroxylation is 1. The van der Waals surface area contributed by atoms with E-state index in [9.17, 15) is 14.0 Å². The summed E-state index contributed by atoms with van der Waals surface area (Å²) in [6, 6.07) is 8.47. The maximum atomic E-state index is 13.9. The SMILES string of the molecule is Cc1ccc(C(=O)Cc2cc(Cl)cc(CN3CCN(C(=O)[C@H]4CCCO4)[C@@H](C)C3)c2C)cc1F. The molecule has 4 rings (SSSR count). The summed E-state index contributed by atoms with van der Waals surface area (Å²) in [4.78, 5) is 29.9. The summed E-state index contributed by atoms with van der Waals surface area (Å²) in [6.45, 7) is 9.33. The first-order chi connectivity index (χ1) is 16.2. The number of hydrogen-bond acceptors (Lipinski definition) is 4. The molecule has 0 unspecified atom stereocenters. The zero-order chi connectivity index (χ0) is 24.4. The summed E-state index contributed by atoms with van der Waals surface area (Å²) in [5, 5.41) is 0.582. The van der Waals surface area contributed by atoms with Crippen molar-refractivity contribution in [2.45, 2.75) is 58.7 Å². The van der Waals surface area contributed by atoms with Crippen molar-refractivity contribution in [1.29, 1.82) is 0 Å². The van der Waals surface area contributed by atoms with Crippen molar-refractivity contribution in [3.63, 3.8) is 0 Å². The number of amides is 1. The van der Waals surface area contributed by atoms with Crippen LogP contribution in [0.5, 0.6) is 0 Å². The molecule has 0 N–H and O–H groups in total. The number of Topliss-reactive ketones (excluding diaryl/α,β-unsaturated/α-hetero) is 1. The third kappa shape index (κ3) is 5.51. The maximum Gasteiger partial charge on any atom is 0.252 e. The Labute approximate surface area is 205 Å². The summed E-state index contributed by atoms with van der Waals surface area (Å²) in [6.07, 6.45) is 1.64. The molecule has 0 saturated carbocycles. The van der Waals surface area contributed by atoms with Gasteiger partial charge in [0.25, 0.3) is 5.91 Å². The van der Waals surface area contributed by atoms with Gasteiger partial charge in [0.1, 0.15) is 11.9 Å². The molecule has 0 radical (unpaired) electrons. The Balaban J connectivity index is 1.43. The van der Waals surface area contributed by atoms with Crippen LogP contribution in [0.4, 0.5) is 4.39 Å². The number of piperazine rings is 1. The van der Waals surface area contributed by atoms with Crippen LogP contribution in [0.2, 0.25) is 5.02 Å². The molecular formula is C27H32ClFN2O3. The highest BCUT2D eigenvalue weighted by atomic mass is 35.5. The third-order valence-corrected chi connectivity index (χ3v) is 7.24. The van der Waals surface area contributed by atoms with E-state index in [1.54, 1.807) is 19.1 Å². The smallest absolute Gasteiger partial charge is 0.252 e. The van der Waals surface area contributed by atoms with Crippen molar-refractivity contribution in [2.24, 2.45) is 0 Å². The van der Waals surface area contributed by atoms with Crippen LogP contribution in [0.25, 0.3) is 0 Å². The van der Waals surface area contributed by atoms with Crippen LogP contribution in [-0.4, -0.2) is 59.9 Å². The van der Waals surface area contributed by atoms with Gasteiger partial charge in [0.2, 0.25) is 0 Å². The Morgan fingerprint density at radius 3 is 2.59 bits per heavy atom. The van der Waals surface area contributed by atoms with Crippen molar-refractivity contribution >= 4 is 23.3 Å². The van der Waals surface area contributed by atoms with Gasteiger partial charge in [0.05, 0.1) is 0 Å². The average molecular weight is 487 g/mol. The Morgan fingerprint density at radius 1 is 1.15 bits per heavy atom. The lowest BCUT2D eigenvalue weighted by Gasteiger charge is -2.41. The molecule has 0 aliphatic carbocycles. The number of benzene rings is 2. The van der Waals surface area contributed by atoms with Crippen LogP contribution in [0.1, 0.15) is 52.4 Å². The molecule has 5 nitrogen and oxygen atoms in total. The highest BCUT2D eigenvalue weighted by Gasteiger charge is 2.34. The molecule has 2 fully saturated rings. The largest absolute Gasteiger partial charge is 0.368 e. The molecule has 2 atom stereocenters. The molecule has 34 heavy (non-hydrogen) atoms. The van der Waals surface area contributed by atoms with Gasteiger partial charge in [-0.05, 0) is 74.1 Å². The van der Waals surface area contributed by atoms with E-state index < -0.39 is 0 Å². The third-order valence-electron chi connectivity index (χ3n) is 7.03. The summed E-state index contributed by atoms with van der Waals surface area (Å²) < 4.78 is 19.5. The predicted octanol–water partition coefficient (Wildman–Crippen LogP) is 4.73. The summed E-state index contributed by atoms with van der Waals surface area (Å²) in [7, 11) is 0. The lowest BCUT2D eigenvalue weighted by Crippen LogP contribution is -2.55. The lowest BCUT2D eigenvalue weighted by molar-refractivity contribution is -0.145. The minimum absolute atomic E-state index is 0.0995. The second kappa shape index (κ2) is 10.5. The van der Waals surface area contributed by atoms with Crippen molar-refractivity contribution in [1.82, 2.24) is 9.80 Å². The number of nitrogens with zero attached hydrogens (tertiary/aromatic N) is 2. The van der Waals surface area contributed by atoms with Crippen molar-refractivity contribution in [3.05, 3.63) is 69.0 Å². The normalized spacial score (nSPS) is 21.1. The van der Waals surface area contributed by atoms with Crippen LogP contribution >= 0.6 is 11.6 Å². The molecule has 0 aromatic heterocycles. The molecule has 2 saturated heterocycles. The van der Waals surface area contributed by atoms with Crippen LogP contribution in [0, 0.1) is 19.7 Å². The zero-order valence-corrected chi connectivity index (χ0v) is 20.8. The molecule has 2 aromatic rings. The molecule has 0 spiro atoms. The molecule has 2 heterocycles. The fourth-order valence-electron chi connectivity index (χ4n) is 4.89. The van der Waals surface area contributed by atoms with Gasteiger partial charge in [0, 0.05) is 55.8 Å². The lowest BCUT2D eigenvalue weighted by atomic mass is 9.95. The predicted molar refractivity (Wildman–Crippen MR) is 131 cm³/mol. The number of ether oxygens (including phenoxy) is 1. The molecule has 7 heteroatoms. The van der Waals surface area contributed by atoms with E-state index >= 15 is 0 Å². The average Bonchev–Trinajstić information content (AvgIpc) is 3.33. The van der Waals surface area contributed by atoms with Gasteiger partial charge < -0.3 is 9.64 Å². The van der Waals surface area contributed by atoms with Gasteiger partial charge in [0.15, 0.2) is 5.78 Å². The van der Waals surface area contributed by atoms with Gasteiger partial charge in [-0.3, -0.25) is 14.5 Å². The molecule has 1 amide bonds. The fourth-order valence-corrected chi connectivity index (χ4v) is 5.15. The van der Waals surface area contributed by atoms with E-state index in [1.807, 2.05) is 24.0 Å². The molecular weight excluding hydrogens is 455 g/mol. The molecule has 2 aliphatic rings. The zero-order valence-electron chi connectivity index (χ0n) is 20.1.